The van der Waals surface area contributed by atoms with Gasteiger partial charge in [-0.3, -0.25) is 0 Å². The van der Waals surface area contributed by atoms with Gasteiger partial charge in [-0.1, -0.05) is 153 Å². The van der Waals surface area contributed by atoms with Crippen LogP contribution in [0.15, 0.2) is 273 Å². The lowest BCUT2D eigenvalue weighted by Crippen LogP contribution is -2.10. The standard InChI is InChI=1S/C70H50N6/c1-2-48-20-19-31-63-68(48)72-70(50-36-40-56(41-37-50)74(52-23-9-4-10-24-52)58-43-45-67-62(47-58)60-30-16-18-33-65(60)76(67)54-27-13-6-14-28-54)69(71-63)49-34-38-55(39-35-49)73(51-21-7-3-8-22-51)57-42-44-66-61(46-57)59-29-15-17-32-64(59)75(66)53-25-11-5-12-26-53/h3-47H,2H2,1H3. The van der Waals surface area contributed by atoms with Gasteiger partial charge in [0.1, 0.15) is 0 Å². The van der Waals surface area contributed by atoms with Crippen LogP contribution < -0.4 is 9.80 Å². The van der Waals surface area contributed by atoms with Crippen LogP contribution in [0.3, 0.4) is 0 Å². The molecule has 0 aliphatic rings. The molecular weight excluding hydrogens is 925 g/mol. The number of hydrogen-bond donors (Lipinski definition) is 0. The maximum absolute atomic E-state index is 5.51. The fourth-order valence-electron chi connectivity index (χ4n) is 11.3. The molecule has 14 aromatic rings. The average molecular weight is 975 g/mol. The molecule has 0 atom stereocenters. The van der Waals surface area contributed by atoms with Crippen LogP contribution in [0.1, 0.15) is 12.5 Å². The van der Waals surface area contributed by atoms with E-state index in [1.165, 1.54) is 49.2 Å². The Morgan fingerprint density at radius 3 is 1.16 bits per heavy atom. The van der Waals surface area contributed by atoms with Gasteiger partial charge < -0.3 is 18.9 Å². The lowest BCUT2D eigenvalue weighted by molar-refractivity contribution is 1.14. The van der Waals surface area contributed by atoms with Crippen LogP contribution in [0.4, 0.5) is 34.1 Å². The van der Waals surface area contributed by atoms with Crippen molar-refractivity contribution in [1.29, 1.82) is 0 Å². The number of aryl methyl sites for hydroxylation is 1. The van der Waals surface area contributed by atoms with Gasteiger partial charge in [0.05, 0.1) is 44.5 Å². The van der Waals surface area contributed by atoms with Crippen molar-refractivity contribution in [3.05, 3.63) is 279 Å². The summed E-state index contributed by atoms with van der Waals surface area (Å²) in [4.78, 5) is 15.6. The molecule has 6 heteroatoms. The summed E-state index contributed by atoms with van der Waals surface area (Å²) in [6.07, 6.45) is 0.854. The third kappa shape index (κ3) is 7.66. The van der Waals surface area contributed by atoms with Gasteiger partial charge in [-0.15, -0.1) is 0 Å². The number of nitrogens with zero attached hydrogens (tertiary/aromatic N) is 6. The Bertz CT molecular complexity index is 4410. The third-order valence-electron chi connectivity index (χ3n) is 14.8. The van der Waals surface area contributed by atoms with Crippen molar-refractivity contribution in [3.63, 3.8) is 0 Å². The summed E-state index contributed by atoms with van der Waals surface area (Å²) in [5.41, 5.74) is 20.0. The van der Waals surface area contributed by atoms with Crippen LogP contribution in [0.2, 0.25) is 0 Å². The van der Waals surface area contributed by atoms with E-state index in [1.807, 2.05) is 0 Å². The molecule has 11 aromatic carbocycles. The van der Waals surface area contributed by atoms with Crippen LogP contribution in [0.5, 0.6) is 0 Å². The molecule has 0 aliphatic carbocycles. The Kier molecular flexibility index (Phi) is 11.0. The molecule has 0 N–H and O–H groups in total. The van der Waals surface area contributed by atoms with Crippen molar-refractivity contribution < 1.29 is 0 Å². The zero-order valence-corrected chi connectivity index (χ0v) is 41.9. The number of fused-ring (bicyclic) bond motifs is 7. The predicted molar refractivity (Wildman–Crippen MR) is 318 cm³/mol. The van der Waals surface area contributed by atoms with Crippen molar-refractivity contribution in [2.75, 3.05) is 9.80 Å². The fraction of sp³-hybridized carbons (Fsp3) is 0.0286. The molecular formula is C70H50N6. The fourth-order valence-corrected chi connectivity index (χ4v) is 11.3. The summed E-state index contributed by atoms with van der Waals surface area (Å²) >= 11 is 0. The van der Waals surface area contributed by atoms with Crippen molar-refractivity contribution >= 4 is 88.8 Å². The van der Waals surface area contributed by atoms with Crippen LogP contribution in [0.25, 0.3) is 88.5 Å². The topological polar surface area (TPSA) is 42.1 Å². The summed E-state index contributed by atoms with van der Waals surface area (Å²) in [5, 5.41) is 4.82. The molecule has 0 saturated carbocycles. The summed E-state index contributed by atoms with van der Waals surface area (Å²) in [5.74, 6) is 0. The summed E-state index contributed by atoms with van der Waals surface area (Å²) in [7, 11) is 0. The van der Waals surface area contributed by atoms with Crippen LogP contribution in [-0.4, -0.2) is 19.1 Å². The number of hydrogen-bond acceptors (Lipinski definition) is 4. The number of aromatic nitrogens is 4. The smallest absolute Gasteiger partial charge is 0.0973 e. The van der Waals surface area contributed by atoms with E-state index < -0.39 is 0 Å². The van der Waals surface area contributed by atoms with E-state index in [-0.39, 0.29) is 0 Å². The molecule has 0 amide bonds. The van der Waals surface area contributed by atoms with Gasteiger partial charge in [0, 0.05) is 78.2 Å². The number of anilines is 6. The second-order valence-electron chi connectivity index (χ2n) is 19.3. The maximum atomic E-state index is 5.51. The molecule has 14 rings (SSSR count). The highest BCUT2D eigenvalue weighted by Crippen LogP contribution is 2.43. The SMILES string of the molecule is CCc1cccc2nc(-c3ccc(N(c4ccccc4)c4ccc5c(c4)c4ccccc4n5-c4ccccc4)cc3)c(-c3ccc(N(c4ccccc4)c4ccc5c(c4)c4ccccc4n5-c4ccccc4)cc3)nc12. The van der Waals surface area contributed by atoms with Gasteiger partial charge in [-0.2, -0.15) is 0 Å². The van der Waals surface area contributed by atoms with Crippen molar-refractivity contribution in [2.45, 2.75) is 13.3 Å². The molecule has 6 nitrogen and oxygen atoms in total. The van der Waals surface area contributed by atoms with Crippen molar-refractivity contribution in [3.8, 4) is 33.9 Å². The minimum atomic E-state index is 0.835. The van der Waals surface area contributed by atoms with E-state index >= 15 is 0 Å². The van der Waals surface area contributed by atoms with Gasteiger partial charge in [0.15, 0.2) is 0 Å². The molecule has 76 heavy (non-hydrogen) atoms. The van der Waals surface area contributed by atoms with E-state index in [9.17, 15) is 0 Å². The first kappa shape index (κ1) is 44.6. The average Bonchev–Trinajstić information content (AvgIpc) is 4.08. The van der Waals surface area contributed by atoms with E-state index in [1.54, 1.807) is 0 Å². The minimum Gasteiger partial charge on any atom is -0.310 e. The lowest BCUT2D eigenvalue weighted by Gasteiger charge is -2.26. The van der Waals surface area contributed by atoms with Crippen molar-refractivity contribution in [2.24, 2.45) is 0 Å². The van der Waals surface area contributed by atoms with Gasteiger partial charge in [0.25, 0.3) is 0 Å². The zero-order valence-electron chi connectivity index (χ0n) is 41.9. The van der Waals surface area contributed by atoms with Gasteiger partial charge in [0.2, 0.25) is 0 Å². The summed E-state index contributed by atoms with van der Waals surface area (Å²) in [6, 6.07) is 97.6. The molecule has 0 spiro atoms. The molecule has 0 fully saturated rings. The van der Waals surface area contributed by atoms with Crippen LogP contribution in [-0.2, 0) is 6.42 Å². The molecule has 0 bridgehead atoms. The van der Waals surface area contributed by atoms with Gasteiger partial charge in [-0.05, 0) is 139 Å². The Morgan fingerprint density at radius 2 is 0.697 bits per heavy atom. The maximum Gasteiger partial charge on any atom is 0.0973 e. The molecule has 360 valence electrons. The molecule has 0 radical (unpaired) electrons. The van der Waals surface area contributed by atoms with Crippen molar-refractivity contribution in [1.82, 2.24) is 19.1 Å². The van der Waals surface area contributed by atoms with Gasteiger partial charge >= 0.3 is 0 Å². The predicted octanol–water partition coefficient (Wildman–Crippen LogP) is 18.7. The van der Waals surface area contributed by atoms with Crippen LogP contribution >= 0.6 is 0 Å². The second-order valence-corrected chi connectivity index (χ2v) is 19.3. The zero-order chi connectivity index (χ0) is 50.5. The normalized spacial score (nSPS) is 11.5. The monoisotopic (exact) mass is 974 g/mol. The first-order valence-corrected chi connectivity index (χ1v) is 26.0. The van der Waals surface area contributed by atoms with E-state index in [0.717, 1.165) is 85.5 Å². The molecule has 0 unspecified atom stereocenters. The molecule has 3 aromatic heterocycles. The Labute approximate surface area is 441 Å². The molecule has 0 aliphatic heterocycles. The Hall–Kier alpha value is -10.0. The first-order chi connectivity index (χ1) is 37.7. The highest BCUT2D eigenvalue weighted by molar-refractivity contribution is 6.12. The number of para-hydroxylation sites is 7. The van der Waals surface area contributed by atoms with E-state index in [2.05, 4.69) is 299 Å². The lowest BCUT2D eigenvalue weighted by atomic mass is 10.0. The highest BCUT2D eigenvalue weighted by atomic mass is 15.1. The van der Waals surface area contributed by atoms with E-state index in [0.29, 0.717) is 0 Å². The highest BCUT2D eigenvalue weighted by Gasteiger charge is 2.22. The summed E-state index contributed by atoms with van der Waals surface area (Å²) < 4.78 is 4.73. The molecule has 0 saturated heterocycles. The summed E-state index contributed by atoms with van der Waals surface area (Å²) in [6.45, 7) is 2.18. The minimum absolute atomic E-state index is 0.835. The number of rotatable bonds is 11. The van der Waals surface area contributed by atoms with Crippen LogP contribution in [0, 0.1) is 0 Å². The third-order valence-corrected chi connectivity index (χ3v) is 14.8. The van der Waals surface area contributed by atoms with E-state index in [4.69, 9.17) is 9.97 Å². The second kappa shape index (κ2) is 18.8. The quantitative estimate of drug-likeness (QED) is 0.130. The first-order valence-electron chi connectivity index (χ1n) is 26.0. The number of benzene rings is 11. The Morgan fingerprint density at radius 1 is 0.316 bits per heavy atom. The Balaban J connectivity index is 0.868. The van der Waals surface area contributed by atoms with Gasteiger partial charge in [-0.25, -0.2) is 9.97 Å². The largest absolute Gasteiger partial charge is 0.310 e. The molecule has 3 heterocycles.